The summed E-state index contributed by atoms with van der Waals surface area (Å²) in [5.74, 6) is 1.53. The van der Waals surface area contributed by atoms with Crippen LogP contribution in [-0.2, 0) is 0 Å². The molecule has 1 N–H and O–H groups in total. The Labute approximate surface area is 103 Å². The van der Waals surface area contributed by atoms with Gasteiger partial charge in [-0.05, 0) is 51.4 Å². The minimum atomic E-state index is 0.239. The van der Waals surface area contributed by atoms with Crippen LogP contribution in [0.25, 0.3) is 0 Å². The summed E-state index contributed by atoms with van der Waals surface area (Å²) < 4.78 is 5.94. The van der Waals surface area contributed by atoms with Crippen LogP contribution in [0.15, 0.2) is 24.3 Å². The number of nitrogens with zero attached hydrogens (tertiary/aromatic N) is 1. The summed E-state index contributed by atoms with van der Waals surface area (Å²) in [7, 11) is 4.15. The molecule has 1 saturated carbocycles. The SMILES string of the molecule is CN(C)CCC(Oc1ccccc1O)C1CC1. The number of phenols is 1. The molecule has 1 atom stereocenters. The average molecular weight is 235 g/mol. The van der Waals surface area contributed by atoms with Gasteiger partial charge in [0.1, 0.15) is 6.10 Å². The predicted molar refractivity (Wildman–Crippen MR) is 68.4 cm³/mol. The fourth-order valence-electron chi connectivity index (χ4n) is 1.96. The zero-order chi connectivity index (χ0) is 12.3. The van der Waals surface area contributed by atoms with Crippen molar-refractivity contribution < 1.29 is 9.84 Å². The Morgan fingerprint density at radius 3 is 2.65 bits per heavy atom. The van der Waals surface area contributed by atoms with Crippen LogP contribution >= 0.6 is 0 Å². The normalized spacial score (nSPS) is 17.1. The molecule has 3 heteroatoms. The van der Waals surface area contributed by atoms with Crippen molar-refractivity contribution in [1.29, 1.82) is 0 Å². The van der Waals surface area contributed by atoms with E-state index in [2.05, 4.69) is 19.0 Å². The van der Waals surface area contributed by atoms with Crippen molar-refractivity contribution >= 4 is 0 Å². The van der Waals surface area contributed by atoms with Crippen LogP contribution in [0, 0.1) is 5.92 Å². The van der Waals surface area contributed by atoms with E-state index in [1.807, 2.05) is 18.2 Å². The van der Waals surface area contributed by atoms with Crippen LogP contribution in [0.3, 0.4) is 0 Å². The standard InChI is InChI=1S/C14H21NO2/c1-15(2)10-9-13(11-7-8-11)17-14-6-4-3-5-12(14)16/h3-6,11,13,16H,7-10H2,1-2H3. The smallest absolute Gasteiger partial charge is 0.161 e. The van der Waals surface area contributed by atoms with Crippen LogP contribution in [-0.4, -0.2) is 36.8 Å². The lowest BCUT2D eigenvalue weighted by atomic mass is 10.1. The number of rotatable bonds is 6. The van der Waals surface area contributed by atoms with Gasteiger partial charge in [0.2, 0.25) is 0 Å². The first-order valence-electron chi connectivity index (χ1n) is 6.26. The van der Waals surface area contributed by atoms with E-state index in [0.29, 0.717) is 11.7 Å². The molecule has 1 aromatic carbocycles. The van der Waals surface area contributed by atoms with E-state index < -0.39 is 0 Å². The summed E-state index contributed by atoms with van der Waals surface area (Å²) >= 11 is 0. The van der Waals surface area contributed by atoms with E-state index in [0.717, 1.165) is 13.0 Å². The molecule has 0 amide bonds. The number of benzene rings is 1. The summed E-state index contributed by atoms with van der Waals surface area (Å²) in [4.78, 5) is 2.17. The molecule has 2 rings (SSSR count). The van der Waals surface area contributed by atoms with Crippen LogP contribution in [0.4, 0.5) is 0 Å². The quantitative estimate of drug-likeness (QED) is 0.822. The Kier molecular flexibility index (Phi) is 3.89. The highest BCUT2D eigenvalue weighted by Gasteiger charge is 2.33. The molecule has 0 bridgehead atoms. The number of phenolic OH excluding ortho intramolecular Hbond substituents is 1. The largest absolute Gasteiger partial charge is 0.504 e. The van der Waals surface area contributed by atoms with Gasteiger partial charge in [-0.1, -0.05) is 12.1 Å². The van der Waals surface area contributed by atoms with E-state index >= 15 is 0 Å². The first-order valence-corrected chi connectivity index (χ1v) is 6.26. The van der Waals surface area contributed by atoms with Crippen LogP contribution in [0.1, 0.15) is 19.3 Å². The number of ether oxygens (including phenoxy) is 1. The average Bonchev–Trinajstić information content (AvgIpc) is 3.10. The van der Waals surface area contributed by atoms with Gasteiger partial charge in [-0.2, -0.15) is 0 Å². The zero-order valence-electron chi connectivity index (χ0n) is 10.6. The summed E-state index contributed by atoms with van der Waals surface area (Å²) in [5.41, 5.74) is 0. The fourth-order valence-corrected chi connectivity index (χ4v) is 1.96. The summed E-state index contributed by atoms with van der Waals surface area (Å²) in [6.07, 6.45) is 3.77. The van der Waals surface area contributed by atoms with Crippen molar-refractivity contribution in [2.75, 3.05) is 20.6 Å². The molecule has 1 unspecified atom stereocenters. The third kappa shape index (κ3) is 3.63. The van der Waals surface area contributed by atoms with Gasteiger partial charge < -0.3 is 14.7 Å². The Morgan fingerprint density at radius 2 is 2.06 bits per heavy atom. The highest BCUT2D eigenvalue weighted by molar-refractivity contribution is 5.38. The minimum Gasteiger partial charge on any atom is -0.504 e. The van der Waals surface area contributed by atoms with Gasteiger partial charge in [0, 0.05) is 6.54 Å². The van der Waals surface area contributed by atoms with Crippen molar-refractivity contribution in [1.82, 2.24) is 4.90 Å². The first kappa shape index (κ1) is 12.2. The second kappa shape index (κ2) is 5.41. The molecule has 0 radical (unpaired) electrons. The molecule has 1 aliphatic carbocycles. The van der Waals surface area contributed by atoms with Crippen LogP contribution in [0.5, 0.6) is 11.5 Å². The maximum Gasteiger partial charge on any atom is 0.161 e. The van der Waals surface area contributed by atoms with E-state index in [1.54, 1.807) is 6.07 Å². The minimum absolute atomic E-state index is 0.239. The van der Waals surface area contributed by atoms with Gasteiger partial charge in [-0.25, -0.2) is 0 Å². The maximum atomic E-state index is 9.70. The maximum absolute atomic E-state index is 9.70. The van der Waals surface area contributed by atoms with Crippen molar-refractivity contribution in [3.63, 3.8) is 0 Å². The van der Waals surface area contributed by atoms with Gasteiger partial charge in [0.15, 0.2) is 11.5 Å². The van der Waals surface area contributed by atoms with Crippen molar-refractivity contribution in [2.24, 2.45) is 5.92 Å². The molecule has 0 aliphatic heterocycles. The second-order valence-corrected chi connectivity index (χ2v) is 5.05. The third-order valence-corrected chi connectivity index (χ3v) is 3.15. The molecule has 3 nitrogen and oxygen atoms in total. The number of hydrogen-bond acceptors (Lipinski definition) is 3. The highest BCUT2D eigenvalue weighted by Crippen LogP contribution is 2.38. The molecule has 1 aromatic rings. The second-order valence-electron chi connectivity index (χ2n) is 5.05. The lowest BCUT2D eigenvalue weighted by Crippen LogP contribution is -2.25. The molecule has 94 valence electrons. The Hall–Kier alpha value is -1.22. The molecule has 0 heterocycles. The van der Waals surface area contributed by atoms with Crippen LogP contribution < -0.4 is 4.74 Å². The van der Waals surface area contributed by atoms with Crippen molar-refractivity contribution in [2.45, 2.75) is 25.4 Å². The van der Waals surface area contributed by atoms with Gasteiger partial charge in [0.05, 0.1) is 0 Å². The van der Waals surface area contributed by atoms with Gasteiger partial charge >= 0.3 is 0 Å². The molecule has 0 saturated heterocycles. The van der Waals surface area contributed by atoms with Crippen molar-refractivity contribution in [3.05, 3.63) is 24.3 Å². The predicted octanol–water partition coefficient (Wildman–Crippen LogP) is 2.50. The Morgan fingerprint density at radius 1 is 1.35 bits per heavy atom. The Bertz CT molecular complexity index is 361. The first-order chi connectivity index (χ1) is 8.16. The topological polar surface area (TPSA) is 32.7 Å². The van der Waals surface area contributed by atoms with Crippen molar-refractivity contribution in [3.8, 4) is 11.5 Å². The number of aromatic hydroxyl groups is 1. The van der Waals surface area contributed by atoms with Crippen LogP contribution in [0.2, 0.25) is 0 Å². The molecule has 1 fully saturated rings. The van der Waals surface area contributed by atoms with E-state index in [-0.39, 0.29) is 11.9 Å². The van der Waals surface area contributed by atoms with E-state index in [1.165, 1.54) is 12.8 Å². The molecule has 17 heavy (non-hydrogen) atoms. The molecule has 0 aromatic heterocycles. The van der Waals surface area contributed by atoms with E-state index in [4.69, 9.17) is 4.74 Å². The molecule has 1 aliphatic rings. The molecular formula is C14H21NO2. The number of para-hydroxylation sites is 2. The summed E-state index contributed by atoms with van der Waals surface area (Å²) in [6, 6.07) is 7.21. The van der Waals surface area contributed by atoms with Gasteiger partial charge in [-0.3, -0.25) is 0 Å². The van der Waals surface area contributed by atoms with E-state index in [9.17, 15) is 5.11 Å². The lowest BCUT2D eigenvalue weighted by molar-refractivity contribution is 0.150. The molecule has 0 spiro atoms. The monoisotopic (exact) mass is 235 g/mol. The molecular weight excluding hydrogens is 214 g/mol. The lowest BCUT2D eigenvalue weighted by Gasteiger charge is -2.21. The van der Waals surface area contributed by atoms with Gasteiger partial charge in [0.25, 0.3) is 0 Å². The fraction of sp³-hybridized carbons (Fsp3) is 0.571. The highest BCUT2D eigenvalue weighted by atomic mass is 16.5. The summed E-state index contributed by atoms with van der Waals surface area (Å²) in [6.45, 7) is 1.02. The zero-order valence-corrected chi connectivity index (χ0v) is 10.6. The third-order valence-electron chi connectivity index (χ3n) is 3.15. The summed E-state index contributed by atoms with van der Waals surface area (Å²) in [5, 5.41) is 9.70. The number of hydrogen-bond donors (Lipinski definition) is 1. The van der Waals surface area contributed by atoms with Gasteiger partial charge in [-0.15, -0.1) is 0 Å². The Balaban J connectivity index is 1.95.